The molecule has 2 aromatic carbocycles. The van der Waals surface area contributed by atoms with Crippen molar-refractivity contribution < 1.29 is 14.6 Å². The molecule has 0 bridgehead atoms. The minimum atomic E-state index is 0.0402. The Balaban J connectivity index is 1.75. The lowest BCUT2D eigenvalue weighted by molar-refractivity contribution is -1.03. The number of amides is 1. The number of carbonyl (C=O) groups excluding carboxylic acids is 1. The standard InChI is InChI=1S/C22H29N3O/c1-18(22(26)23(2)3)24-14-16-25(17-15-24)21(19-10-6-4-7-11-19)20-12-8-5-9-13-20/h4-13,18,21H,14-17H2,1-3H3/p+2/t18-/m1/s1. The van der Waals surface area contributed by atoms with Gasteiger partial charge in [-0.25, -0.2) is 0 Å². The fourth-order valence-electron chi connectivity index (χ4n) is 4.13. The number of hydrogen-bond donors (Lipinski definition) is 2. The van der Waals surface area contributed by atoms with Crippen LogP contribution in [0.15, 0.2) is 60.7 Å². The highest BCUT2D eigenvalue weighted by atomic mass is 16.2. The van der Waals surface area contributed by atoms with Crippen molar-refractivity contribution in [2.75, 3.05) is 40.3 Å². The summed E-state index contributed by atoms with van der Waals surface area (Å²) in [5.74, 6) is 0.228. The molecular weight excluding hydrogens is 322 g/mol. The second-order valence-corrected chi connectivity index (χ2v) is 7.53. The van der Waals surface area contributed by atoms with Gasteiger partial charge in [0.15, 0.2) is 6.04 Å². The monoisotopic (exact) mass is 353 g/mol. The molecule has 1 atom stereocenters. The molecule has 138 valence electrons. The maximum Gasteiger partial charge on any atom is 0.280 e. The normalized spacial score (nSPS) is 21.4. The van der Waals surface area contributed by atoms with Gasteiger partial charge in [0.1, 0.15) is 32.2 Å². The molecule has 2 N–H and O–H groups in total. The summed E-state index contributed by atoms with van der Waals surface area (Å²) in [4.78, 5) is 17.0. The number of hydrogen-bond acceptors (Lipinski definition) is 1. The zero-order valence-electron chi connectivity index (χ0n) is 16.1. The molecule has 2 aromatic rings. The highest BCUT2D eigenvalue weighted by Gasteiger charge is 2.35. The van der Waals surface area contributed by atoms with Crippen LogP contribution in [0.2, 0.25) is 0 Å². The number of carbonyl (C=O) groups is 1. The van der Waals surface area contributed by atoms with Gasteiger partial charge in [0.2, 0.25) is 0 Å². The van der Waals surface area contributed by atoms with Crippen LogP contribution in [0.25, 0.3) is 0 Å². The third-order valence-electron chi connectivity index (χ3n) is 5.63. The van der Waals surface area contributed by atoms with E-state index in [1.165, 1.54) is 16.0 Å². The molecule has 4 heteroatoms. The summed E-state index contributed by atoms with van der Waals surface area (Å²) in [6.07, 6.45) is 0. The summed E-state index contributed by atoms with van der Waals surface area (Å²) < 4.78 is 0. The fourth-order valence-corrected chi connectivity index (χ4v) is 4.13. The Morgan fingerprint density at radius 3 is 1.65 bits per heavy atom. The number of nitrogens with zero attached hydrogens (tertiary/aromatic N) is 1. The number of nitrogens with one attached hydrogen (secondary N) is 2. The summed E-state index contributed by atoms with van der Waals surface area (Å²) in [7, 11) is 3.70. The molecule has 0 aliphatic carbocycles. The van der Waals surface area contributed by atoms with E-state index < -0.39 is 0 Å². The minimum absolute atomic E-state index is 0.0402. The Morgan fingerprint density at radius 2 is 1.23 bits per heavy atom. The molecule has 1 aliphatic heterocycles. The average Bonchev–Trinajstić information content (AvgIpc) is 2.69. The predicted molar refractivity (Wildman–Crippen MR) is 104 cm³/mol. The summed E-state index contributed by atoms with van der Waals surface area (Å²) in [5.41, 5.74) is 2.74. The average molecular weight is 354 g/mol. The molecule has 0 saturated carbocycles. The van der Waals surface area contributed by atoms with Gasteiger partial charge < -0.3 is 14.7 Å². The van der Waals surface area contributed by atoms with Gasteiger partial charge in [-0.05, 0) is 6.92 Å². The molecular formula is C22H31N3O+2. The van der Waals surface area contributed by atoms with Gasteiger partial charge >= 0.3 is 0 Å². The van der Waals surface area contributed by atoms with E-state index >= 15 is 0 Å². The Kier molecular flexibility index (Phi) is 6.07. The van der Waals surface area contributed by atoms with Crippen LogP contribution in [0.3, 0.4) is 0 Å². The fraction of sp³-hybridized carbons (Fsp3) is 0.409. The first-order valence-corrected chi connectivity index (χ1v) is 9.58. The number of quaternary nitrogens is 2. The molecule has 0 spiro atoms. The van der Waals surface area contributed by atoms with Crippen molar-refractivity contribution in [2.45, 2.75) is 19.0 Å². The van der Waals surface area contributed by atoms with Crippen molar-refractivity contribution in [2.24, 2.45) is 0 Å². The Hall–Kier alpha value is -2.17. The van der Waals surface area contributed by atoms with Crippen LogP contribution < -0.4 is 9.80 Å². The van der Waals surface area contributed by atoms with Gasteiger partial charge in [-0.3, -0.25) is 4.79 Å². The van der Waals surface area contributed by atoms with Crippen molar-refractivity contribution in [3.8, 4) is 0 Å². The molecule has 1 saturated heterocycles. The Labute approximate surface area is 157 Å². The first kappa shape index (κ1) is 18.6. The number of likely N-dealkylation sites (N-methyl/N-ethyl adjacent to an activating group) is 1. The van der Waals surface area contributed by atoms with Gasteiger partial charge in [-0.1, -0.05) is 60.7 Å². The Bertz CT molecular complexity index is 654. The number of benzene rings is 2. The molecule has 4 nitrogen and oxygen atoms in total. The van der Waals surface area contributed by atoms with Gasteiger partial charge in [-0.2, -0.15) is 0 Å². The van der Waals surface area contributed by atoms with E-state index in [1.807, 2.05) is 14.1 Å². The van der Waals surface area contributed by atoms with Crippen molar-refractivity contribution in [1.82, 2.24) is 4.90 Å². The third kappa shape index (κ3) is 4.14. The van der Waals surface area contributed by atoms with Crippen LogP contribution >= 0.6 is 0 Å². The van der Waals surface area contributed by atoms with Gasteiger partial charge in [0.25, 0.3) is 5.91 Å². The molecule has 26 heavy (non-hydrogen) atoms. The molecule has 0 unspecified atom stereocenters. The van der Waals surface area contributed by atoms with Gasteiger partial charge in [0, 0.05) is 25.2 Å². The molecule has 1 amide bonds. The number of rotatable bonds is 5. The predicted octanol–water partition coefficient (Wildman–Crippen LogP) is 0.0361. The minimum Gasteiger partial charge on any atom is -0.344 e. The smallest absolute Gasteiger partial charge is 0.280 e. The van der Waals surface area contributed by atoms with E-state index in [1.54, 1.807) is 9.80 Å². The lowest BCUT2D eigenvalue weighted by Gasteiger charge is -2.37. The summed E-state index contributed by atoms with van der Waals surface area (Å²) in [6.45, 7) is 6.29. The quantitative estimate of drug-likeness (QED) is 0.781. The molecule has 0 radical (unpaired) electrons. The maximum atomic E-state index is 12.3. The summed E-state index contributed by atoms with van der Waals surface area (Å²) >= 11 is 0. The van der Waals surface area contributed by atoms with Crippen LogP contribution in [0.4, 0.5) is 0 Å². The van der Waals surface area contributed by atoms with E-state index in [0.29, 0.717) is 6.04 Å². The number of piperazine rings is 1. The van der Waals surface area contributed by atoms with Crippen molar-refractivity contribution in [3.05, 3.63) is 71.8 Å². The SMILES string of the molecule is C[C@H](C(=O)N(C)C)[NH+]1CC[NH+](C(c2ccccc2)c2ccccc2)CC1. The highest BCUT2D eigenvalue weighted by Crippen LogP contribution is 2.18. The summed E-state index contributed by atoms with van der Waals surface area (Å²) in [5, 5.41) is 0. The van der Waals surface area contributed by atoms with Crippen molar-refractivity contribution >= 4 is 5.91 Å². The van der Waals surface area contributed by atoms with Crippen molar-refractivity contribution in [1.29, 1.82) is 0 Å². The van der Waals surface area contributed by atoms with E-state index in [0.717, 1.165) is 26.2 Å². The molecule has 3 rings (SSSR count). The van der Waals surface area contributed by atoms with Crippen LogP contribution in [-0.4, -0.2) is 57.1 Å². The van der Waals surface area contributed by atoms with Gasteiger partial charge in [-0.15, -0.1) is 0 Å². The molecule has 1 aliphatic rings. The zero-order chi connectivity index (χ0) is 18.5. The van der Waals surface area contributed by atoms with Gasteiger partial charge in [0.05, 0.1) is 0 Å². The topological polar surface area (TPSA) is 29.2 Å². The lowest BCUT2D eigenvalue weighted by atomic mass is 9.96. The first-order valence-electron chi connectivity index (χ1n) is 9.58. The highest BCUT2D eigenvalue weighted by molar-refractivity contribution is 5.79. The maximum absolute atomic E-state index is 12.3. The largest absolute Gasteiger partial charge is 0.344 e. The van der Waals surface area contributed by atoms with E-state index in [4.69, 9.17) is 0 Å². The molecule has 1 heterocycles. The zero-order valence-corrected chi connectivity index (χ0v) is 16.1. The van der Waals surface area contributed by atoms with E-state index in [-0.39, 0.29) is 11.9 Å². The second kappa shape index (κ2) is 8.47. The summed E-state index contributed by atoms with van der Waals surface area (Å²) in [6, 6.07) is 22.0. The van der Waals surface area contributed by atoms with Crippen molar-refractivity contribution in [3.63, 3.8) is 0 Å². The molecule has 0 aromatic heterocycles. The lowest BCUT2D eigenvalue weighted by Crippen LogP contribution is -3.30. The Morgan fingerprint density at radius 1 is 0.808 bits per heavy atom. The van der Waals surface area contributed by atoms with Crippen LogP contribution in [0.1, 0.15) is 24.1 Å². The van der Waals surface area contributed by atoms with E-state index in [9.17, 15) is 4.79 Å². The third-order valence-corrected chi connectivity index (χ3v) is 5.63. The van der Waals surface area contributed by atoms with Crippen LogP contribution in [0, 0.1) is 0 Å². The molecule has 1 fully saturated rings. The van der Waals surface area contributed by atoms with Crippen LogP contribution in [-0.2, 0) is 4.79 Å². The van der Waals surface area contributed by atoms with Crippen LogP contribution in [0.5, 0.6) is 0 Å². The van der Waals surface area contributed by atoms with E-state index in [2.05, 4.69) is 67.6 Å². The first-order chi connectivity index (χ1) is 12.6. The second-order valence-electron chi connectivity index (χ2n) is 7.53.